The van der Waals surface area contributed by atoms with E-state index in [1.807, 2.05) is 0 Å². The lowest BCUT2D eigenvalue weighted by atomic mass is 10.6. The number of alkyl halides is 2. The zero-order valence-electron chi connectivity index (χ0n) is 4.98. The van der Waals surface area contributed by atoms with E-state index in [4.69, 9.17) is 0 Å². The molecule has 6 heteroatoms. The third-order valence-electron chi connectivity index (χ3n) is 0.854. The highest BCUT2D eigenvalue weighted by atomic mass is 79.9. The minimum absolute atomic E-state index is 0.187. The highest BCUT2D eigenvalue weighted by Gasteiger charge is 2.12. The normalized spacial score (nSPS) is 10.6. The first-order valence-electron chi connectivity index (χ1n) is 2.48. The fourth-order valence-corrected chi connectivity index (χ4v) is 2.37. The van der Waals surface area contributed by atoms with Crippen molar-refractivity contribution in [3.8, 4) is 5.06 Å². The Morgan fingerprint density at radius 3 is 2.45 bits per heavy atom. The summed E-state index contributed by atoms with van der Waals surface area (Å²) in [4.78, 5) is 0. The minimum Gasteiger partial charge on any atom is -0.424 e. The van der Waals surface area contributed by atoms with Crippen molar-refractivity contribution in [3.05, 3.63) is 14.3 Å². The fourth-order valence-electron chi connectivity index (χ4n) is 0.467. The van der Waals surface area contributed by atoms with Gasteiger partial charge in [-0.15, -0.1) is 11.3 Å². The molecule has 1 nitrogen and oxygen atoms in total. The first kappa shape index (κ1) is 9.41. The molecule has 0 radical (unpaired) electrons. The molecule has 11 heavy (non-hydrogen) atoms. The van der Waals surface area contributed by atoms with Gasteiger partial charge in [0.1, 0.15) is 0 Å². The summed E-state index contributed by atoms with van der Waals surface area (Å²) in [6.07, 6.45) is 0. The molecule has 1 heterocycles. The van der Waals surface area contributed by atoms with Crippen molar-refractivity contribution < 1.29 is 13.5 Å². The van der Waals surface area contributed by atoms with Gasteiger partial charge in [0.2, 0.25) is 0 Å². The number of hydrogen-bond acceptors (Lipinski definition) is 2. The Labute approximate surface area is 82.6 Å². The Bertz CT molecular complexity index is 251. The number of thiophene rings is 1. The second-order valence-corrected chi connectivity index (χ2v) is 4.05. The van der Waals surface area contributed by atoms with E-state index in [2.05, 4.69) is 36.6 Å². The van der Waals surface area contributed by atoms with Gasteiger partial charge in [-0.2, -0.15) is 8.78 Å². The van der Waals surface area contributed by atoms with Gasteiger partial charge < -0.3 is 4.74 Å². The van der Waals surface area contributed by atoms with Gasteiger partial charge in [-0.25, -0.2) is 0 Å². The highest BCUT2D eigenvalue weighted by molar-refractivity contribution is 9.13. The predicted octanol–water partition coefficient (Wildman–Crippen LogP) is 3.87. The second-order valence-electron chi connectivity index (χ2n) is 1.56. The van der Waals surface area contributed by atoms with Crippen LogP contribution in [0, 0.1) is 0 Å². The van der Waals surface area contributed by atoms with Crippen molar-refractivity contribution in [2.75, 3.05) is 0 Å². The summed E-state index contributed by atoms with van der Waals surface area (Å²) in [6.45, 7) is -2.77. The summed E-state index contributed by atoms with van der Waals surface area (Å²) in [5.41, 5.74) is 0. The zero-order valence-corrected chi connectivity index (χ0v) is 8.97. The van der Waals surface area contributed by atoms with E-state index in [0.717, 1.165) is 15.8 Å². The molecule has 0 unspecified atom stereocenters. The van der Waals surface area contributed by atoms with Crippen molar-refractivity contribution in [2.45, 2.75) is 6.61 Å². The van der Waals surface area contributed by atoms with E-state index in [9.17, 15) is 8.78 Å². The van der Waals surface area contributed by atoms with Gasteiger partial charge >= 0.3 is 6.61 Å². The van der Waals surface area contributed by atoms with E-state index >= 15 is 0 Å². The van der Waals surface area contributed by atoms with Crippen LogP contribution in [0.3, 0.4) is 0 Å². The molecule has 1 aromatic heterocycles. The van der Waals surface area contributed by atoms with Crippen molar-refractivity contribution in [3.63, 3.8) is 0 Å². The lowest BCUT2D eigenvalue weighted by molar-refractivity contribution is -0.0476. The van der Waals surface area contributed by atoms with Crippen LogP contribution in [0.4, 0.5) is 8.78 Å². The molecule has 0 N–H and O–H groups in total. The molecule has 62 valence electrons. The first-order valence-corrected chi connectivity index (χ1v) is 4.95. The predicted molar refractivity (Wildman–Crippen MR) is 46.4 cm³/mol. The molecular weight excluding hydrogens is 306 g/mol. The van der Waals surface area contributed by atoms with Crippen molar-refractivity contribution in [1.82, 2.24) is 0 Å². The maximum absolute atomic E-state index is 11.7. The molecule has 0 atom stereocenters. The van der Waals surface area contributed by atoms with Gasteiger partial charge in [-0.3, -0.25) is 0 Å². The number of halogens is 4. The molecule has 1 aromatic rings. The second kappa shape index (κ2) is 3.82. The fraction of sp³-hybridized carbons (Fsp3) is 0.200. The van der Waals surface area contributed by atoms with Crippen LogP contribution in [0.2, 0.25) is 0 Å². The van der Waals surface area contributed by atoms with Gasteiger partial charge in [-0.1, -0.05) is 0 Å². The van der Waals surface area contributed by atoms with Gasteiger partial charge in [-0.05, 0) is 31.9 Å². The lowest BCUT2D eigenvalue weighted by Gasteiger charge is -2.00. The molecule has 0 aromatic carbocycles. The SMILES string of the molecule is FC(F)Oc1scc(Br)c1Br. The van der Waals surface area contributed by atoms with Crippen LogP contribution in [0.5, 0.6) is 5.06 Å². The molecular formula is C5H2Br2F2OS. The largest absolute Gasteiger partial charge is 0.424 e. The Morgan fingerprint density at radius 2 is 2.09 bits per heavy atom. The van der Waals surface area contributed by atoms with E-state index in [1.54, 1.807) is 5.38 Å². The average Bonchev–Trinajstić information content (AvgIpc) is 2.18. The zero-order chi connectivity index (χ0) is 8.43. The Kier molecular flexibility index (Phi) is 3.27. The molecule has 1 rings (SSSR count). The van der Waals surface area contributed by atoms with E-state index < -0.39 is 6.61 Å². The number of hydrogen-bond donors (Lipinski definition) is 0. The summed E-state index contributed by atoms with van der Waals surface area (Å²) in [6, 6.07) is 0. The molecule has 0 saturated heterocycles. The van der Waals surface area contributed by atoms with Crippen LogP contribution < -0.4 is 4.74 Å². The highest BCUT2D eigenvalue weighted by Crippen LogP contribution is 2.39. The standard InChI is InChI=1S/C5H2Br2F2OS/c6-2-1-11-4(3(2)7)10-5(8)9/h1,5H. The van der Waals surface area contributed by atoms with Crippen LogP contribution in [0.25, 0.3) is 0 Å². The third kappa shape index (κ3) is 2.38. The van der Waals surface area contributed by atoms with Crippen LogP contribution in [0.1, 0.15) is 0 Å². The van der Waals surface area contributed by atoms with Gasteiger partial charge in [0.25, 0.3) is 0 Å². The quantitative estimate of drug-likeness (QED) is 0.806. The minimum atomic E-state index is -2.77. The van der Waals surface area contributed by atoms with Gasteiger partial charge in [0.15, 0.2) is 5.06 Å². The maximum Gasteiger partial charge on any atom is 0.388 e. The average molecular weight is 308 g/mol. The summed E-state index contributed by atoms with van der Waals surface area (Å²) < 4.78 is 28.7. The molecule has 0 amide bonds. The van der Waals surface area contributed by atoms with Crippen LogP contribution in [-0.2, 0) is 0 Å². The van der Waals surface area contributed by atoms with E-state index in [1.165, 1.54) is 0 Å². The van der Waals surface area contributed by atoms with E-state index in [0.29, 0.717) is 4.47 Å². The smallest absolute Gasteiger partial charge is 0.388 e. The molecule has 0 aliphatic carbocycles. The monoisotopic (exact) mass is 306 g/mol. The molecule has 0 fully saturated rings. The molecule has 0 bridgehead atoms. The van der Waals surface area contributed by atoms with E-state index in [-0.39, 0.29) is 5.06 Å². The number of ether oxygens (including phenoxy) is 1. The molecule has 0 aliphatic heterocycles. The Hall–Kier alpha value is 0.320. The topological polar surface area (TPSA) is 9.23 Å². The van der Waals surface area contributed by atoms with Gasteiger partial charge in [0, 0.05) is 9.85 Å². The summed E-state index contributed by atoms with van der Waals surface area (Å²) in [5.74, 6) is 0. The van der Waals surface area contributed by atoms with Crippen molar-refractivity contribution >= 4 is 43.2 Å². The lowest BCUT2D eigenvalue weighted by Crippen LogP contribution is -2.00. The third-order valence-corrected chi connectivity index (χ3v) is 4.23. The Morgan fingerprint density at radius 1 is 1.45 bits per heavy atom. The summed E-state index contributed by atoms with van der Waals surface area (Å²) >= 11 is 7.34. The van der Waals surface area contributed by atoms with Crippen LogP contribution in [-0.4, -0.2) is 6.61 Å². The van der Waals surface area contributed by atoms with Gasteiger partial charge in [0.05, 0.1) is 4.47 Å². The maximum atomic E-state index is 11.7. The number of rotatable bonds is 2. The van der Waals surface area contributed by atoms with Crippen LogP contribution in [0.15, 0.2) is 14.3 Å². The van der Waals surface area contributed by atoms with Crippen LogP contribution >= 0.6 is 43.2 Å². The molecule has 0 spiro atoms. The van der Waals surface area contributed by atoms with Crippen molar-refractivity contribution in [2.24, 2.45) is 0 Å². The molecule has 0 aliphatic rings. The molecule has 0 saturated carbocycles. The Balaban J connectivity index is 2.79. The first-order chi connectivity index (χ1) is 5.11. The summed E-state index contributed by atoms with van der Waals surface area (Å²) in [7, 11) is 0. The summed E-state index contributed by atoms with van der Waals surface area (Å²) in [5, 5.41) is 1.86. The van der Waals surface area contributed by atoms with Crippen molar-refractivity contribution in [1.29, 1.82) is 0 Å².